The molecule has 86 valence electrons. The Kier molecular flexibility index (Phi) is 2.87. The van der Waals surface area contributed by atoms with Crippen molar-refractivity contribution in [3.8, 4) is 0 Å². The van der Waals surface area contributed by atoms with Crippen molar-refractivity contribution in [1.82, 2.24) is 4.42 Å². The van der Waals surface area contributed by atoms with Gasteiger partial charge in [0, 0.05) is 6.54 Å². The molecule has 1 aliphatic rings. The molecule has 1 atom stereocenters. The Bertz CT molecular complexity index is 509. The van der Waals surface area contributed by atoms with Gasteiger partial charge in [0.2, 0.25) is 0 Å². The summed E-state index contributed by atoms with van der Waals surface area (Å²) in [4.78, 5) is 0. The lowest BCUT2D eigenvalue weighted by molar-refractivity contribution is 0.314. The number of hydrogen-bond donors (Lipinski definition) is 0. The molecule has 1 aliphatic heterocycles. The van der Waals surface area contributed by atoms with Crippen LogP contribution < -0.4 is 0 Å². The van der Waals surface area contributed by atoms with Gasteiger partial charge in [0.05, 0.1) is 6.04 Å². The molecule has 1 heterocycles. The van der Waals surface area contributed by atoms with E-state index in [1.807, 2.05) is 10.5 Å². The summed E-state index contributed by atoms with van der Waals surface area (Å²) < 4.78 is 1.91. The van der Waals surface area contributed by atoms with E-state index in [4.69, 9.17) is 11.8 Å². The van der Waals surface area contributed by atoms with E-state index in [1.54, 1.807) is 0 Å². The van der Waals surface area contributed by atoms with Crippen LogP contribution in [-0.4, -0.2) is 4.42 Å². The molecule has 0 saturated carbocycles. The summed E-state index contributed by atoms with van der Waals surface area (Å²) in [6.07, 6.45) is 0.990. The molecule has 1 unspecified atom stereocenters. The van der Waals surface area contributed by atoms with Crippen molar-refractivity contribution in [3.05, 3.63) is 71.3 Å². The molecule has 2 heteroatoms. The summed E-state index contributed by atoms with van der Waals surface area (Å²) in [6.45, 7) is 0.817. The molecule has 0 fully saturated rings. The second kappa shape index (κ2) is 4.52. The van der Waals surface area contributed by atoms with E-state index in [2.05, 4.69) is 48.5 Å². The van der Waals surface area contributed by atoms with Crippen LogP contribution in [0.1, 0.15) is 22.7 Å². The highest BCUT2D eigenvalue weighted by atomic mass is 35.5. The van der Waals surface area contributed by atoms with Crippen molar-refractivity contribution in [2.75, 3.05) is 0 Å². The molecular weight excluding hydrogens is 230 g/mol. The van der Waals surface area contributed by atoms with Crippen LogP contribution >= 0.6 is 11.8 Å². The molecule has 0 spiro atoms. The zero-order chi connectivity index (χ0) is 11.7. The van der Waals surface area contributed by atoms with Crippen molar-refractivity contribution in [2.45, 2.75) is 19.0 Å². The van der Waals surface area contributed by atoms with Gasteiger partial charge in [-0.2, -0.15) is 0 Å². The predicted octanol–water partition coefficient (Wildman–Crippen LogP) is 3.94. The number of benzene rings is 2. The number of fused-ring (bicyclic) bond motifs is 1. The third kappa shape index (κ3) is 2.08. The van der Waals surface area contributed by atoms with Crippen molar-refractivity contribution in [3.63, 3.8) is 0 Å². The van der Waals surface area contributed by atoms with Crippen molar-refractivity contribution >= 4 is 11.8 Å². The van der Waals surface area contributed by atoms with Gasteiger partial charge in [-0.05, 0) is 34.9 Å². The highest BCUT2D eigenvalue weighted by Gasteiger charge is 2.25. The van der Waals surface area contributed by atoms with Crippen LogP contribution in [0.3, 0.4) is 0 Å². The van der Waals surface area contributed by atoms with Gasteiger partial charge in [-0.15, -0.1) is 0 Å². The third-order valence-corrected chi connectivity index (χ3v) is 3.73. The maximum atomic E-state index is 6.38. The average Bonchev–Trinajstić information content (AvgIpc) is 2.39. The number of hydrogen-bond acceptors (Lipinski definition) is 1. The van der Waals surface area contributed by atoms with Crippen molar-refractivity contribution < 1.29 is 0 Å². The van der Waals surface area contributed by atoms with Crippen molar-refractivity contribution in [2.24, 2.45) is 0 Å². The summed E-state index contributed by atoms with van der Waals surface area (Å²) in [7, 11) is 0. The zero-order valence-electron chi connectivity index (χ0n) is 9.51. The molecule has 0 aromatic heterocycles. The van der Waals surface area contributed by atoms with Gasteiger partial charge < -0.3 is 0 Å². The molecular formula is C15H14ClN. The molecule has 3 rings (SSSR count). The second-order valence-electron chi connectivity index (χ2n) is 4.46. The van der Waals surface area contributed by atoms with Gasteiger partial charge in [-0.25, -0.2) is 4.42 Å². The molecule has 0 saturated heterocycles. The minimum absolute atomic E-state index is 0.285. The summed E-state index contributed by atoms with van der Waals surface area (Å²) in [5, 5.41) is 0. The molecule has 0 N–H and O–H groups in total. The second-order valence-corrected chi connectivity index (χ2v) is 4.89. The van der Waals surface area contributed by atoms with E-state index in [0.717, 1.165) is 13.0 Å². The Labute approximate surface area is 107 Å². The fourth-order valence-corrected chi connectivity index (χ4v) is 2.76. The van der Waals surface area contributed by atoms with Gasteiger partial charge in [0.15, 0.2) is 0 Å². The quantitative estimate of drug-likeness (QED) is 0.686. The van der Waals surface area contributed by atoms with E-state index < -0.39 is 0 Å². The van der Waals surface area contributed by atoms with Gasteiger partial charge in [-0.1, -0.05) is 54.6 Å². The van der Waals surface area contributed by atoms with E-state index in [-0.39, 0.29) is 6.04 Å². The first-order chi connectivity index (χ1) is 8.34. The van der Waals surface area contributed by atoms with Gasteiger partial charge in [0.1, 0.15) is 0 Å². The first-order valence-electron chi connectivity index (χ1n) is 5.89. The summed E-state index contributed by atoms with van der Waals surface area (Å²) in [6, 6.07) is 19.3. The van der Waals surface area contributed by atoms with Gasteiger partial charge in [-0.3, -0.25) is 0 Å². The summed E-state index contributed by atoms with van der Waals surface area (Å²) in [5.74, 6) is 0. The molecule has 0 amide bonds. The monoisotopic (exact) mass is 243 g/mol. The highest BCUT2D eigenvalue weighted by Crippen LogP contribution is 2.34. The molecule has 0 aliphatic carbocycles. The molecule has 2 aromatic carbocycles. The summed E-state index contributed by atoms with van der Waals surface area (Å²) >= 11 is 6.38. The maximum absolute atomic E-state index is 6.38. The smallest absolute Gasteiger partial charge is 0.0545 e. The van der Waals surface area contributed by atoms with Crippen LogP contribution in [0, 0.1) is 0 Å². The fourth-order valence-electron chi connectivity index (χ4n) is 2.45. The average molecular weight is 244 g/mol. The first kappa shape index (κ1) is 10.8. The van der Waals surface area contributed by atoms with Crippen LogP contribution in [0.5, 0.6) is 0 Å². The normalized spacial score (nSPS) is 19.9. The third-order valence-electron chi connectivity index (χ3n) is 3.38. The van der Waals surface area contributed by atoms with Gasteiger partial charge >= 0.3 is 0 Å². The maximum Gasteiger partial charge on any atom is 0.0545 e. The Hall–Kier alpha value is -1.31. The minimum Gasteiger partial charge on any atom is -0.208 e. The largest absolute Gasteiger partial charge is 0.208 e. The molecule has 2 aromatic rings. The Morgan fingerprint density at radius 3 is 2.29 bits per heavy atom. The predicted molar refractivity (Wildman–Crippen MR) is 70.7 cm³/mol. The molecule has 17 heavy (non-hydrogen) atoms. The first-order valence-corrected chi connectivity index (χ1v) is 6.22. The molecule has 0 bridgehead atoms. The highest BCUT2D eigenvalue weighted by molar-refractivity contribution is 6.13. The Balaban J connectivity index is 1.95. The molecule has 1 nitrogen and oxygen atoms in total. The van der Waals surface area contributed by atoms with Crippen LogP contribution in [0.25, 0.3) is 0 Å². The SMILES string of the molecule is ClN1Cc2ccccc2CC1c1ccccc1. The summed E-state index contributed by atoms with van der Waals surface area (Å²) in [5.41, 5.74) is 4.05. The Morgan fingerprint density at radius 1 is 0.882 bits per heavy atom. The molecule has 0 radical (unpaired) electrons. The van der Waals surface area contributed by atoms with Crippen LogP contribution in [0.15, 0.2) is 54.6 Å². The Morgan fingerprint density at radius 2 is 1.53 bits per heavy atom. The number of nitrogens with zero attached hydrogens (tertiary/aromatic N) is 1. The van der Waals surface area contributed by atoms with E-state index in [9.17, 15) is 0 Å². The number of rotatable bonds is 1. The lowest BCUT2D eigenvalue weighted by atomic mass is 9.92. The van der Waals surface area contributed by atoms with E-state index >= 15 is 0 Å². The minimum atomic E-state index is 0.285. The standard InChI is InChI=1S/C15H14ClN/c16-17-11-14-9-5-4-8-13(14)10-15(17)12-6-2-1-3-7-12/h1-9,15H,10-11H2. The lowest BCUT2D eigenvalue weighted by Crippen LogP contribution is -2.26. The van der Waals surface area contributed by atoms with E-state index in [1.165, 1.54) is 16.7 Å². The number of halogens is 1. The topological polar surface area (TPSA) is 3.24 Å². The lowest BCUT2D eigenvalue weighted by Gasteiger charge is -2.32. The van der Waals surface area contributed by atoms with Gasteiger partial charge in [0.25, 0.3) is 0 Å². The fraction of sp³-hybridized carbons (Fsp3) is 0.200. The van der Waals surface area contributed by atoms with Crippen LogP contribution in [0.4, 0.5) is 0 Å². The zero-order valence-corrected chi connectivity index (χ0v) is 10.3. The van der Waals surface area contributed by atoms with Crippen LogP contribution in [-0.2, 0) is 13.0 Å². The van der Waals surface area contributed by atoms with E-state index in [0.29, 0.717) is 0 Å². The van der Waals surface area contributed by atoms with Crippen molar-refractivity contribution in [1.29, 1.82) is 0 Å². The van der Waals surface area contributed by atoms with Crippen LogP contribution in [0.2, 0.25) is 0 Å².